The average molecular weight is 681 g/mol. The normalized spacial score (nSPS) is 12.3. The van der Waals surface area contributed by atoms with Crippen molar-refractivity contribution in [1.29, 1.82) is 0 Å². The minimum Gasteiger partial charge on any atom is -0.462 e. The van der Waals surface area contributed by atoms with Crippen LogP contribution < -0.4 is 16.2 Å². The number of hydrogen-bond acceptors (Lipinski definition) is 5. The first-order chi connectivity index (χ1) is 23.2. The Labute approximate surface area is 283 Å². The van der Waals surface area contributed by atoms with Crippen LogP contribution in [0.15, 0.2) is 103 Å². The quantitative estimate of drug-likeness (QED) is 0.0405. The van der Waals surface area contributed by atoms with Gasteiger partial charge in [0.25, 0.3) is 0 Å². The maximum atomic E-state index is 14.9. The van der Waals surface area contributed by atoms with E-state index in [-0.39, 0.29) is 24.3 Å². The summed E-state index contributed by atoms with van der Waals surface area (Å²) in [5, 5.41) is 0. The van der Waals surface area contributed by atoms with E-state index in [1.807, 2.05) is 55.5 Å². The van der Waals surface area contributed by atoms with Crippen LogP contribution in [0.4, 0.5) is 33.3 Å². The predicted molar refractivity (Wildman–Crippen MR) is 183 cm³/mol. The van der Waals surface area contributed by atoms with E-state index in [1.54, 1.807) is 12.1 Å². The highest BCUT2D eigenvalue weighted by molar-refractivity contribution is 5.87. The number of benzene rings is 4. The zero-order chi connectivity index (χ0) is 35.5. The predicted octanol–water partition coefficient (Wildman–Crippen LogP) is 9.69. The molecule has 0 aliphatic rings. The van der Waals surface area contributed by atoms with Gasteiger partial charge in [0, 0.05) is 29.3 Å². The van der Waals surface area contributed by atoms with Crippen molar-refractivity contribution in [3.05, 3.63) is 131 Å². The first-order valence-electron chi connectivity index (χ1n) is 16.0. The highest BCUT2D eigenvalue weighted by atomic mass is 19.4. The molecule has 0 atom stereocenters. The molecule has 0 aromatic heterocycles. The lowest BCUT2D eigenvalue weighted by atomic mass is 9.79. The summed E-state index contributed by atoms with van der Waals surface area (Å²) in [4.78, 5) is 12.7. The summed E-state index contributed by atoms with van der Waals surface area (Å²) in [6.45, 7) is 2.20. The molecule has 0 saturated heterocycles. The summed E-state index contributed by atoms with van der Waals surface area (Å²) >= 11 is 0. The number of carbonyl (C=O) groups excluding carboxylic acids is 1. The molecule has 4 aromatic carbocycles. The molecule has 0 amide bonds. The van der Waals surface area contributed by atoms with Gasteiger partial charge in [-0.2, -0.15) is 22.0 Å². The first-order valence-corrected chi connectivity index (χ1v) is 16.0. The molecule has 10 heteroatoms. The monoisotopic (exact) mass is 680 g/mol. The van der Waals surface area contributed by atoms with E-state index in [0.717, 1.165) is 16.7 Å². The fourth-order valence-electron chi connectivity index (χ4n) is 5.43. The number of halogens is 5. The number of unbranched alkanes of at least 4 members (excludes halogenated alkanes) is 2. The number of aryl methyl sites for hydroxylation is 1. The minimum atomic E-state index is -4.17. The Morgan fingerprint density at radius 2 is 1.22 bits per heavy atom. The molecule has 49 heavy (non-hydrogen) atoms. The van der Waals surface area contributed by atoms with Crippen LogP contribution in [0.2, 0.25) is 0 Å². The van der Waals surface area contributed by atoms with Crippen LogP contribution in [0.5, 0.6) is 5.75 Å². The Kier molecular flexibility index (Phi) is 12.4. The summed E-state index contributed by atoms with van der Waals surface area (Å²) in [5.41, 5.74) is 15.7. The standard InChI is InChI=1S/C39H41F5N2O3/c1-37(25-30-8-17-33(45)18-9-30,26-31-10-19-34(46)20-11-31)27-48-36(47)23-14-29-12-21-35(22-13-29)49-39(43,44)32-15-6-28(7-16-32)5-3-2-4-24-38(40,41)42/h6-23H,2-5,24-27,45-46H2,1H3/b23-14+. The molecule has 0 saturated carbocycles. The molecule has 0 fully saturated rings. The number of esters is 1. The fraction of sp³-hybridized carbons (Fsp3) is 0.308. The third-order valence-corrected chi connectivity index (χ3v) is 8.04. The van der Waals surface area contributed by atoms with Gasteiger partial charge in [0.15, 0.2) is 0 Å². The van der Waals surface area contributed by atoms with Crippen LogP contribution in [0, 0.1) is 5.41 Å². The van der Waals surface area contributed by atoms with Gasteiger partial charge in [-0.25, -0.2) is 4.79 Å². The average Bonchev–Trinajstić information content (AvgIpc) is 3.05. The molecule has 0 bridgehead atoms. The molecule has 0 aliphatic carbocycles. The topological polar surface area (TPSA) is 87.6 Å². The second-order valence-electron chi connectivity index (χ2n) is 12.6. The number of rotatable bonds is 16. The number of ether oxygens (including phenoxy) is 2. The number of anilines is 2. The molecule has 4 N–H and O–H groups in total. The van der Waals surface area contributed by atoms with Crippen LogP contribution in [-0.4, -0.2) is 18.8 Å². The van der Waals surface area contributed by atoms with Crippen molar-refractivity contribution < 1.29 is 36.2 Å². The Morgan fingerprint density at radius 1 is 0.694 bits per heavy atom. The Hall–Kier alpha value is -4.86. The van der Waals surface area contributed by atoms with E-state index in [0.29, 0.717) is 49.0 Å². The fourth-order valence-corrected chi connectivity index (χ4v) is 5.43. The van der Waals surface area contributed by atoms with Gasteiger partial charge in [-0.3, -0.25) is 0 Å². The lowest BCUT2D eigenvalue weighted by molar-refractivity contribution is -0.185. The summed E-state index contributed by atoms with van der Waals surface area (Å²) in [6, 6.07) is 26.6. The molecule has 0 unspecified atom stereocenters. The molecular weight excluding hydrogens is 639 g/mol. The van der Waals surface area contributed by atoms with Gasteiger partial charge in [0.2, 0.25) is 0 Å². The largest absolute Gasteiger partial charge is 0.462 e. The lowest BCUT2D eigenvalue weighted by Gasteiger charge is -2.29. The zero-order valence-corrected chi connectivity index (χ0v) is 27.3. The second kappa shape index (κ2) is 16.5. The van der Waals surface area contributed by atoms with Crippen molar-refractivity contribution in [2.24, 2.45) is 5.41 Å². The SMILES string of the molecule is CC(COC(=O)/C=C/c1ccc(OC(F)(F)c2ccc(CCCCCC(F)(F)F)cc2)cc1)(Cc1ccc(N)cc1)Cc1ccc(N)cc1. The molecule has 260 valence electrons. The van der Waals surface area contributed by atoms with E-state index in [1.165, 1.54) is 48.6 Å². The van der Waals surface area contributed by atoms with Crippen LogP contribution >= 0.6 is 0 Å². The van der Waals surface area contributed by atoms with Crippen LogP contribution in [0.25, 0.3) is 6.08 Å². The maximum Gasteiger partial charge on any atom is 0.426 e. The van der Waals surface area contributed by atoms with Gasteiger partial charge in [-0.15, -0.1) is 0 Å². The highest BCUT2D eigenvalue weighted by Crippen LogP contribution is 2.33. The first kappa shape index (κ1) is 37.0. The van der Waals surface area contributed by atoms with Crippen molar-refractivity contribution >= 4 is 23.4 Å². The molecule has 0 heterocycles. The van der Waals surface area contributed by atoms with E-state index < -0.39 is 30.1 Å². The maximum absolute atomic E-state index is 14.9. The molecule has 5 nitrogen and oxygen atoms in total. The number of alkyl halides is 5. The van der Waals surface area contributed by atoms with Gasteiger partial charge in [-0.1, -0.05) is 61.9 Å². The number of nitrogens with two attached hydrogens (primary N) is 2. The van der Waals surface area contributed by atoms with Gasteiger partial charge in [-0.05, 0) is 109 Å². The Bertz CT molecular complexity index is 1600. The van der Waals surface area contributed by atoms with E-state index in [2.05, 4.69) is 0 Å². The van der Waals surface area contributed by atoms with E-state index in [9.17, 15) is 26.7 Å². The number of nitrogen functional groups attached to an aromatic ring is 2. The summed E-state index contributed by atoms with van der Waals surface area (Å²) in [7, 11) is 0. The number of carbonyl (C=O) groups is 1. The lowest BCUT2D eigenvalue weighted by Crippen LogP contribution is -2.30. The highest BCUT2D eigenvalue weighted by Gasteiger charge is 2.34. The van der Waals surface area contributed by atoms with Crippen molar-refractivity contribution in [2.45, 2.75) is 64.2 Å². The second-order valence-corrected chi connectivity index (χ2v) is 12.6. The van der Waals surface area contributed by atoms with Gasteiger partial charge >= 0.3 is 18.3 Å². The van der Waals surface area contributed by atoms with Crippen LogP contribution in [0.1, 0.15) is 60.4 Å². The minimum absolute atomic E-state index is 0.0453. The Balaban J connectivity index is 1.29. The Morgan fingerprint density at radius 3 is 1.76 bits per heavy atom. The van der Waals surface area contributed by atoms with Crippen LogP contribution in [0.3, 0.4) is 0 Å². The van der Waals surface area contributed by atoms with Crippen LogP contribution in [-0.2, 0) is 34.9 Å². The zero-order valence-electron chi connectivity index (χ0n) is 27.3. The number of hydrogen-bond donors (Lipinski definition) is 2. The summed E-state index contributed by atoms with van der Waals surface area (Å²) in [5.74, 6) is -0.614. The van der Waals surface area contributed by atoms with Crippen molar-refractivity contribution in [1.82, 2.24) is 0 Å². The molecule has 0 aliphatic heterocycles. The third kappa shape index (κ3) is 12.6. The third-order valence-electron chi connectivity index (χ3n) is 8.04. The molecule has 0 radical (unpaired) electrons. The van der Waals surface area contributed by atoms with Gasteiger partial charge in [0.05, 0.1) is 12.2 Å². The van der Waals surface area contributed by atoms with Crippen molar-refractivity contribution in [3.8, 4) is 5.75 Å². The van der Waals surface area contributed by atoms with E-state index >= 15 is 0 Å². The van der Waals surface area contributed by atoms with Gasteiger partial charge < -0.3 is 20.9 Å². The molecule has 4 rings (SSSR count). The molecule has 0 spiro atoms. The van der Waals surface area contributed by atoms with Crippen molar-refractivity contribution in [2.75, 3.05) is 18.1 Å². The molecule has 4 aromatic rings. The molecular formula is C39H41F5N2O3. The summed E-state index contributed by atoms with van der Waals surface area (Å²) < 4.78 is 77.2. The smallest absolute Gasteiger partial charge is 0.426 e. The van der Waals surface area contributed by atoms with Gasteiger partial charge in [0.1, 0.15) is 5.75 Å². The van der Waals surface area contributed by atoms with E-state index in [4.69, 9.17) is 20.9 Å². The summed E-state index contributed by atoms with van der Waals surface area (Å²) in [6.07, 6.45) is -3.02. The van der Waals surface area contributed by atoms with Crippen molar-refractivity contribution in [3.63, 3.8) is 0 Å².